The predicted molar refractivity (Wildman–Crippen MR) is 167 cm³/mol. The summed E-state index contributed by atoms with van der Waals surface area (Å²) in [5.74, 6) is 0.0694. The number of aliphatic hydroxyl groups excluding tert-OH is 2. The van der Waals surface area contributed by atoms with Crippen LogP contribution in [0.4, 0.5) is 0 Å². The molecule has 2 N–H and O–H groups in total. The minimum Gasteiger partial charge on any atom is -0.390 e. The van der Waals surface area contributed by atoms with Crippen LogP contribution in [-0.2, 0) is 27.1 Å². The summed E-state index contributed by atoms with van der Waals surface area (Å²) in [5.41, 5.74) is 2.61. The number of ether oxygens (including phenoxy) is 2. The van der Waals surface area contributed by atoms with Crippen molar-refractivity contribution in [3.8, 4) is 0 Å². The van der Waals surface area contributed by atoms with Crippen molar-refractivity contribution < 1.29 is 24.5 Å². The first-order chi connectivity index (χ1) is 20.0. The molecule has 2 aliphatic heterocycles. The highest BCUT2D eigenvalue weighted by atomic mass is 32.1. The molecule has 1 amide bonds. The summed E-state index contributed by atoms with van der Waals surface area (Å²) in [6, 6.07) is 17.4. The highest BCUT2D eigenvalue weighted by molar-refractivity contribution is 7.17. The van der Waals surface area contributed by atoms with Crippen LogP contribution in [0.1, 0.15) is 24.0 Å². The molecule has 6 rings (SSSR count). The Morgan fingerprint density at radius 3 is 1.88 bits per heavy atom. The van der Waals surface area contributed by atoms with Gasteiger partial charge < -0.3 is 24.6 Å². The molecule has 2 aromatic carbocycles. The second-order valence-corrected chi connectivity index (χ2v) is 12.7. The molecular formula is C32H40N2O5S2. The van der Waals surface area contributed by atoms with E-state index in [9.17, 15) is 9.90 Å². The average molecular weight is 597 g/mol. The Morgan fingerprint density at radius 2 is 1.32 bits per heavy atom. The van der Waals surface area contributed by atoms with E-state index in [1.165, 1.54) is 31.3 Å². The third-order valence-corrected chi connectivity index (χ3v) is 9.28. The molecule has 220 valence electrons. The van der Waals surface area contributed by atoms with Crippen LogP contribution in [0.5, 0.6) is 0 Å². The summed E-state index contributed by atoms with van der Waals surface area (Å²) in [4.78, 5) is 15.6. The molecule has 0 aliphatic carbocycles. The number of rotatable bonds is 13. The zero-order chi connectivity index (χ0) is 28.4. The standard InChI is InChI=1S/C16H19NO3S.C16H21NO2S/c18-14-10-17(11-14)16(19)4-7-20-6-3-12-1-2-15-13(9-12)5-8-21-15;18-15-11-17(12-15)6-1-7-19-8-4-13-2-3-16-14(10-13)5-9-20-16/h1-2,5,8-9,14,18H,3-4,6-7,10-11H2;2-3,5,9-10,15,18H,1,4,6-8,11-12H2. The van der Waals surface area contributed by atoms with Crippen molar-refractivity contribution in [3.63, 3.8) is 0 Å². The third kappa shape index (κ3) is 9.06. The van der Waals surface area contributed by atoms with Crippen LogP contribution in [0.25, 0.3) is 20.2 Å². The Kier molecular flexibility index (Phi) is 11.2. The van der Waals surface area contributed by atoms with Crippen LogP contribution in [0.2, 0.25) is 0 Å². The molecule has 4 aromatic rings. The van der Waals surface area contributed by atoms with E-state index in [4.69, 9.17) is 14.6 Å². The number of hydrogen-bond donors (Lipinski definition) is 2. The lowest BCUT2D eigenvalue weighted by Gasteiger charge is -2.35. The van der Waals surface area contributed by atoms with E-state index in [0.717, 1.165) is 52.1 Å². The molecule has 2 saturated heterocycles. The Morgan fingerprint density at radius 1 is 0.756 bits per heavy atom. The van der Waals surface area contributed by atoms with Gasteiger partial charge in [-0.05, 0) is 76.2 Å². The van der Waals surface area contributed by atoms with Crippen LogP contribution >= 0.6 is 22.7 Å². The van der Waals surface area contributed by atoms with Crippen LogP contribution in [-0.4, -0.2) is 97.3 Å². The Labute approximate surface area is 249 Å². The largest absolute Gasteiger partial charge is 0.390 e. The lowest BCUT2D eigenvalue weighted by atomic mass is 10.1. The topological polar surface area (TPSA) is 82.5 Å². The highest BCUT2D eigenvalue weighted by Gasteiger charge is 2.28. The SMILES string of the molecule is O=C(CCOCCc1ccc2sccc2c1)N1CC(O)C1.OC1CN(CCCOCCc2ccc3sccc3c2)C1. The first kappa shape index (κ1) is 30.1. The average Bonchev–Trinajstić information content (AvgIpc) is 3.61. The van der Waals surface area contributed by atoms with E-state index in [1.54, 1.807) is 27.6 Å². The maximum absolute atomic E-state index is 11.7. The fraction of sp³-hybridized carbons (Fsp3) is 0.469. The summed E-state index contributed by atoms with van der Waals surface area (Å²) in [7, 11) is 0. The van der Waals surface area contributed by atoms with Gasteiger partial charge in [0.15, 0.2) is 0 Å². The van der Waals surface area contributed by atoms with Gasteiger partial charge in [0.05, 0.1) is 38.4 Å². The van der Waals surface area contributed by atoms with Crippen LogP contribution in [0.15, 0.2) is 59.3 Å². The summed E-state index contributed by atoms with van der Waals surface area (Å²) in [5, 5.41) is 25.2. The van der Waals surface area contributed by atoms with Crippen LogP contribution < -0.4 is 0 Å². The molecule has 41 heavy (non-hydrogen) atoms. The molecule has 0 unspecified atom stereocenters. The minimum atomic E-state index is -0.332. The van der Waals surface area contributed by atoms with E-state index in [2.05, 4.69) is 64.2 Å². The van der Waals surface area contributed by atoms with Gasteiger partial charge in [0.25, 0.3) is 0 Å². The molecule has 0 radical (unpaired) electrons. The van der Waals surface area contributed by atoms with Crippen molar-refractivity contribution in [2.45, 2.75) is 37.9 Å². The molecule has 9 heteroatoms. The van der Waals surface area contributed by atoms with Crippen molar-refractivity contribution in [2.75, 3.05) is 59.2 Å². The zero-order valence-corrected chi connectivity index (χ0v) is 25.1. The second-order valence-electron chi connectivity index (χ2n) is 10.8. The molecule has 0 saturated carbocycles. The van der Waals surface area contributed by atoms with Gasteiger partial charge in [0.1, 0.15) is 0 Å². The van der Waals surface area contributed by atoms with Gasteiger partial charge in [0.2, 0.25) is 5.91 Å². The molecule has 2 fully saturated rings. The number of hydrogen-bond acceptors (Lipinski definition) is 8. The van der Waals surface area contributed by atoms with Gasteiger partial charge in [0, 0.05) is 48.7 Å². The Balaban J connectivity index is 0.000000165. The first-order valence-electron chi connectivity index (χ1n) is 14.5. The molecule has 0 atom stereocenters. The number of benzene rings is 2. The number of carbonyl (C=O) groups is 1. The van der Waals surface area contributed by atoms with Gasteiger partial charge >= 0.3 is 0 Å². The molecule has 0 bridgehead atoms. The Hall–Kier alpha value is -2.37. The van der Waals surface area contributed by atoms with E-state index in [-0.39, 0.29) is 18.1 Å². The van der Waals surface area contributed by atoms with Crippen LogP contribution in [0, 0.1) is 0 Å². The number of carbonyl (C=O) groups excluding carboxylic acids is 1. The molecular weight excluding hydrogens is 556 g/mol. The number of thiophene rings is 2. The molecule has 0 spiro atoms. The number of β-amino-alcohol motifs (C(OH)–C–C–N with tert-alkyl or cyclic N) is 2. The van der Waals surface area contributed by atoms with Gasteiger partial charge in [-0.2, -0.15) is 0 Å². The van der Waals surface area contributed by atoms with Gasteiger partial charge in [-0.3, -0.25) is 9.69 Å². The predicted octanol–water partition coefficient (Wildman–Crippen LogP) is 4.58. The van der Waals surface area contributed by atoms with Crippen LogP contribution in [0.3, 0.4) is 0 Å². The van der Waals surface area contributed by atoms with E-state index in [1.807, 2.05) is 0 Å². The summed E-state index contributed by atoms with van der Waals surface area (Å²) < 4.78 is 13.9. The normalized spacial score (nSPS) is 16.0. The lowest BCUT2D eigenvalue weighted by Crippen LogP contribution is -2.53. The highest BCUT2D eigenvalue weighted by Crippen LogP contribution is 2.23. The number of aliphatic hydroxyl groups is 2. The number of fused-ring (bicyclic) bond motifs is 2. The van der Waals surface area contributed by atoms with Crippen molar-refractivity contribution >= 4 is 48.8 Å². The number of amides is 1. The fourth-order valence-electron chi connectivity index (χ4n) is 5.02. The van der Waals surface area contributed by atoms with E-state index < -0.39 is 0 Å². The second kappa shape index (κ2) is 15.2. The minimum absolute atomic E-state index is 0.0694. The molecule has 4 heterocycles. The first-order valence-corrected chi connectivity index (χ1v) is 16.2. The van der Waals surface area contributed by atoms with Crippen molar-refractivity contribution in [1.29, 1.82) is 0 Å². The molecule has 2 aromatic heterocycles. The smallest absolute Gasteiger partial charge is 0.225 e. The molecule has 2 aliphatic rings. The van der Waals surface area contributed by atoms with E-state index >= 15 is 0 Å². The summed E-state index contributed by atoms with van der Waals surface area (Å²) in [6.45, 7) is 6.33. The number of likely N-dealkylation sites (tertiary alicyclic amines) is 2. The van der Waals surface area contributed by atoms with E-state index in [0.29, 0.717) is 32.7 Å². The number of nitrogens with zero attached hydrogens (tertiary/aromatic N) is 2. The van der Waals surface area contributed by atoms with Crippen molar-refractivity contribution in [3.05, 3.63) is 70.4 Å². The Bertz CT molecular complexity index is 1380. The fourth-order valence-corrected chi connectivity index (χ4v) is 6.56. The molecule has 7 nitrogen and oxygen atoms in total. The summed E-state index contributed by atoms with van der Waals surface area (Å²) >= 11 is 3.54. The maximum atomic E-state index is 11.7. The quantitative estimate of drug-likeness (QED) is 0.220. The maximum Gasteiger partial charge on any atom is 0.225 e. The zero-order valence-electron chi connectivity index (χ0n) is 23.5. The van der Waals surface area contributed by atoms with Gasteiger partial charge in [-0.1, -0.05) is 24.3 Å². The summed E-state index contributed by atoms with van der Waals surface area (Å²) in [6.07, 6.45) is 2.87. The monoisotopic (exact) mass is 596 g/mol. The van der Waals surface area contributed by atoms with Crippen molar-refractivity contribution in [1.82, 2.24) is 9.80 Å². The lowest BCUT2D eigenvalue weighted by molar-refractivity contribution is -0.142. The van der Waals surface area contributed by atoms with Gasteiger partial charge in [-0.15, -0.1) is 22.7 Å². The van der Waals surface area contributed by atoms with Crippen molar-refractivity contribution in [2.24, 2.45) is 0 Å². The van der Waals surface area contributed by atoms with Gasteiger partial charge in [-0.25, -0.2) is 0 Å². The third-order valence-electron chi connectivity index (χ3n) is 7.48.